The molecular formula is C11H18N4O3S. The Bertz CT molecular complexity index is 484. The van der Waals surface area contributed by atoms with E-state index in [1.807, 2.05) is 6.92 Å². The maximum Gasteiger partial charge on any atom is 0.313 e. The van der Waals surface area contributed by atoms with Crippen LogP contribution in [0.15, 0.2) is 5.16 Å². The molecule has 0 saturated heterocycles. The predicted molar refractivity (Wildman–Crippen MR) is 70.7 cm³/mol. The van der Waals surface area contributed by atoms with Gasteiger partial charge in [-0.05, 0) is 13.8 Å². The third-order valence-corrected chi connectivity index (χ3v) is 3.61. The summed E-state index contributed by atoms with van der Waals surface area (Å²) in [4.78, 5) is 22.0. The van der Waals surface area contributed by atoms with E-state index < -0.39 is 17.3 Å². The van der Waals surface area contributed by atoms with Gasteiger partial charge in [0.15, 0.2) is 5.16 Å². The van der Waals surface area contributed by atoms with Gasteiger partial charge in [-0.1, -0.05) is 18.7 Å². The summed E-state index contributed by atoms with van der Waals surface area (Å²) < 4.78 is 1.76. The summed E-state index contributed by atoms with van der Waals surface area (Å²) in [6.07, 6.45) is 0.648. The topological polar surface area (TPSA) is 111 Å². The van der Waals surface area contributed by atoms with Crippen LogP contribution >= 0.6 is 11.8 Å². The number of thioether (sulfide) groups is 1. The minimum Gasteiger partial charge on any atom is -0.481 e. The van der Waals surface area contributed by atoms with Crippen LogP contribution in [-0.4, -0.2) is 37.5 Å². The Morgan fingerprint density at radius 3 is 2.53 bits per heavy atom. The number of rotatable bonds is 7. The smallest absolute Gasteiger partial charge is 0.313 e. The quantitative estimate of drug-likeness (QED) is 0.707. The lowest BCUT2D eigenvalue weighted by Crippen LogP contribution is -2.36. The van der Waals surface area contributed by atoms with Crippen LogP contribution in [0, 0.1) is 5.41 Å². The van der Waals surface area contributed by atoms with Gasteiger partial charge in [-0.15, -0.1) is 10.2 Å². The zero-order valence-corrected chi connectivity index (χ0v) is 12.0. The third kappa shape index (κ3) is 3.95. The maximum atomic E-state index is 11.4. The Kier molecular flexibility index (Phi) is 4.93. The molecule has 1 amide bonds. The first kappa shape index (κ1) is 15.5. The van der Waals surface area contributed by atoms with E-state index in [0.717, 1.165) is 11.8 Å². The molecule has 1 heterocycles. The number of primary amides is 1. The van der Waals surface area contributed by atoms with Crippen LogP contribution in [0.25, 0.3) is 0 Å². The van der Waals surface area contributed by atoms with E-state index in [-0.39, 0.29) is 5.75 Å². The maximum absolute atomic E-state index is 11.4. The second kappa shape index (κ2) is 6.05. The van der Waals surface area contributed by atoms with Crippen molar-refractivity contribution in [2.45, 2.75) is 38.9 Å². The van der Waals surface area contributed by atoms with Crippen molar-refractivity contribution in [2.75, 3.05) is 5.75 Å². The molecule has 0 spiro atoms. The predicted octanol–water partition coefficient (Wildman–Crippen LogP) is 0.529. The summed E-state index contributed by atoms with van der Waals surface area (Å²) in [6, 6.07) is 0. The number of nitrogens with two attached hydrogens (primary N) is 1. The molecule has 3 N–H and O–H groups in total. The van der Waals surface area contributed by atoms with Crippen molar-refractivity contribution >= 4 is 23.6 Å². The summed E-state index contributed by atoms with van der Waals surface area (Å²) in [6.45, 7) is 5.73. The van der Waals surface area contributed by atoms with E-state index in [2.05, 4.69) is 10.2 Å². The monoisotopic (exact) mass is 286 g/mol. The van der Waals surface area contributed by atoms with Gasteiger partial charge < -0.3 is 15.4 Å². The molecule has 1 aromatic heterocycles. The minimum absolute atomic E-state index is 0.0984. The highest BCUT2D eigenvalue weighted by molar-refractivity contribution is 7.99. The largest absolute Gasteiger partial charge is 0.481 e. The number of aliphatic carboxylic acids is 1. The van der Waals surface area contributed by atoms with Gasteiger partial charge in [-0.2, -0.15) is 0 Å². The Labute approximate surface area is 115 Å². The van der Waals surface area contributed by atoms with Gasteiger partial charge >= 0.3 is 5.97 Å². The van der Waals surface area contributed by atoms with E-state index >= 15 is 0 Å². The number of amides is 1. The van der Waals surface area contributed by atoms with Crippen molar-refractivity contribution in [2.24, 2.45) is 11.1 Å². The highest BCUT2D eigenvalue weighted by Gasteiger charge is 2.28. The van der Waals surface area contributed by atoms with Gasteiger partial charge in [-0.25, -0.2) is 0 Å². The number of hydrogen-bond acceptors (Lipinski definition) is 5. The third-order valence-electron chi connectivity index (χ3n) is 2.65. The fourth-order valence-corrected chi connectivity index (χ4v) is 2.12. The Balaban J connectivity index is 2.99. The Hall–Kier alpha value is -1.57. The molecule has 0 saturated carbocycles. The van der Waals surface area contributed by atoms with E-state index in [4.69, 9.17) is 10.8 Å². The summed E-state index contributed by atoms with van der Waals surface area (Å²) in [7, 11) is 0. The van der Waals surface area contributed by atoms with Gasteiger partial charge in [0.1, 0.15) is 5.82 Å². The number of carbonyl (C=O) groups excluding carboxylic acids is 1. The van der Waals surface area contributed by atoms with E-state index in [1.54, 1.807) is 18.4 Å². The molecule has 0 aliphatic heterocycles. The molecule has 19 heavy (non-hydrogen) atoms. The highest BCUT2D eigenvalue weighted by Crippen LogP contribution is 2.24. The lowest BCUT2D eigenvalue weighted by molar-refractivity contribution is -0.134. The fraction of sp³-hybridized carbons (Fsp3) is 0.636. The molecule has 0 fully saturated rings. The SMILES string of the molecule is CCc1nnc(SCC(=O)O)n1CC(C)(C)C(N)=O. The molecule has 0 atom stereocenters. The average molecular weight is 286 g/mol. The zero-order valence-electron chi connectivity index (χ0n) is 11.2. The van der Waals surface area contributed by atoms with Crippen molar-refractivity contribution in [3.05, 3.63) is 5.82 Å². The van der Waals surface area contributed by atoms with Gasteiger partial charge in [0.25, 0.3) is 0 Å². The summed E-state index contributed by atoms with van der Waals surface area (Å²) in [5.41, 5.74) is 4.61. The van der Waals surface area contributed by atoms with Crippen LogP contribution < -0.4 is 5.73 Å². The number of carboxylic acids is 1. The fourth-order valence-electron chi connectivity index (χ4n) is 1.45. The lowest BCUT2D eigenvalue weighted by atomic mass is 9.92. The van der Waals surface area contributed by atoms with E-state index in [9.17, 15) is 9.59 Å². The molecule has 8 heteroatoms. The Morgan fingerprint density at radius 1 is 1.42 bits per heavy atom. The first-order valence-electron chi connectivity index (χ1n) is 5.84. The summed E-state index contributed by atoms with van der Waals surface area (Å²) in [5.74, 6) is -0.731. The highest BCUT2D eigenvalue weighted by atomic mass is 32.2. The van der Waals surface area contributed by atoms with Crippen molar-refractivity contribution in [3.8, 4) is 0 Å². The van der Waals surface area contributed by atoms with Gasteiger partial charge in [0.05, 0.1) is 11.2 Å². The van der Waals surface area contributed by atoms with E-state index in [1.165, 1.54) is 0 Å². The molecule has 1 aromatic rings. The second-order valence-electron chi connectivity index (χ2n) is 4.77. The lowest BCUT2D eigenvalue weighted by Gasteiger charge is -2.22. The molecule has 0 bridgehead atoms. The Morgan fingerprint density at radius 2 is 2.05 bits per heavy atom. The van der Waals surface area contributed by atoms with Crippen molar-refractivity contribution in [1.82, 2.24) is 14.8 Å². The molecular weight excluding hydrogens is 268 g/mol. The molecule has 0 unspecified atom stereocenters. The first-order valence-corrected chi connectivity index (χ1v) is 6.83. The molecule has 1 rings (SSSR count). The minimum atomic E-state index is -0.924. The molecule has 0 aliphatic rings. The number of aromatic nitrogens is 3. The van der Waals surface area contributed by atoms with Crippen LogP contribution in [-0.2, 0) is 22.6 Å². The molecule has 106 valence electrons. The van der Waals surface area contributed by atoms with Crippen LogP contribution in [0.4, 0.5) is 0 Å². The van der Waals surface area contributed by atoms with Crippen LogP contribution in [0.1, 0.15) is 26.6 Å². The molecule has 0 aromatic carbocycles. The van der Waals surface area contributed by atoms with Crippen molar-refractivity contribution in [3.63, 3.8) is 0 Å². The zero-order chi connectivity index (χ0) is 14.6. The van der Waals surface area contributed by atoms with Gasteiger partial charge in [0, 0.05) is 13.0 Å². The van der Waals surface area contributed by atoms with Crippen LogP contribution in [0.5, 0.6) is 0 Å². The number of aryl methyl sites for hydroxylation is 1. The molecule has 0 radical (unpaired) electrons. The van der Waals surface area contributed by atoms with Crippen molar-refractivity contribution in [1.29, 1.82) is 0 Å². The molecule has 7 nitrogen and oxygen atoms in total. The second-order valence-corrected chi connectivity index (χ2v) is 5.71. The number of hydrogen-bond donors (Lipinski definition) is 2. The van der Waals surface area contributed by atoms with Crippen LogP contribution in [0.3, 0.4) is 0 Å². The number of carbonyl (C=O) groups is 2. The molecule has 0 aliphatic carbocycles. The normalized spacial score (nSPS) is 11.5. The standard InChI is InChI=1S/C11H18N4O3S/c1-4-7-13-14-10(19-5-8(16)17)15(7)6-11(2,3)9(12)18/h4-6H2,1-3H3,(H2,12,18)(H,16,17). The summed E-state index contributed by atoms with van der Waals surface area (Å²) in [5, 5.41) is 17.2. The summed E-state index contributed by atoms with van der Waals surface area (Å²) >= 11 is 1.08. The van der Waals surface area contributed by atoms with Gasteiger partial charge in [0.2, 0.25) is 5.91 Å². The van der Waals surface area contributed by atoms with E-state index in [0.29, 0.717) is 23.9 Å². The van der Waals surface area contributed by atoms with Gasteiger partial charge in [-0.3, -0.25) is 9.59 Å². The number of carboxylic acid groups (broad SMARTS) is 1. The van der Waals surface area contributed by atoms with Crippen LogP contribution in [0.2, 0.25) is 0 Å². The van der Waals surface area contributed by atoms with Crippen molar-refractivity contribution < 1.29 is 14.7 Å². The average Bonchev–Trinajstić information content (AvgIpc) is 2.67. The number of nitrogens with zero attached hydrogens (tertiary/aromatic N) is 3. The first-order chi connectivity index (χ1) is 8.77.